The van der Waals surface area contributed by atoms with Gasteiger partial charge in [0.1, 0.15) is 5.75 Å². The highest BCUT2D eigenvalue weighted by atomic mass is 16.5. The van der Waals surface area contributed by atoms with Crippen LogP contribution in [0.15, 0.2) is 30.3 Å². The van der Waals surface area contributed by atoms with Crippen molar-refractivity contribution in [3.63, 3.8) is 0 Å². The van der Waals surface area contributed by atoms with E-state index < -0.39 is 11.9 Å². The van der Waals surface area contributed by atoms with Gasteiger partial charge in [-0.25, -0.2) is 4.79 Å². The van der Waals surface area contributed by atoms with Gasteiger partial charge in [-0.05, 0) is 51.1 Å². The minimum Gasteiger partial charge on any atom is -0.495 e. The van der Waals surface area contributed by atoms with Gasteiger partial charge in [0.2, 0.25) is 5.75 Å². The molecule has 0 atom stereocenters. The standard InChI is InChI=1S/C21H25NO7/c1-5-27-17-11-14(12-18(28-6-2)19(17)29-7-3)20(23)22-15-10-13(21(24)25)8-9-16(15)26-4/h8-12H,5-7H2,1-4H3,(H,22,23)(H,24,25). The van der Waals surface area contributed by atoms with E-state index in [4.69, 9.17) is 18.9 Å². The van der Waals surface area contributed by atoms with Gasteiger partial charge in [-0.2, -0.15) is 0 Å². The third-order valence-corrected chi connectivity index (χ3v) is 3.87. The lowest BCUT2D eigenvalue weighted by Crippen LogP contribution is -2.14. The number of nitrogens with one attached hydrogen (secondary N) is 1. The van der Waals surface area contributed by atoms with E-state index in [1.165, 1.54) is 25.3 Å². The lowest BCUT2D eigenvalue weighted by molar-refractivity contribution is 0.0696. The minimum absolute atomic E-state index is 0.0257. The van der Waals surface area contributed by atoms with Crippen LogP contribution in [0, 0.1) is 0 Å². The fourth-order valence-electron chi connectivity index (χ4n) is 2.65. The molecule has 8 heteroatoms. The highest BCUT2D eigenvalue weighted by molar-refractivity contribution is 6.06. The van der Waals surface area contributed by atoms with Crippen LogP contribution in [0.1, 0.15) is 41.5 Å². The summed E-state index contributed by atoms with van der Waals surface area (Å²) in [6.45, 7) is 6.66. The van der Waals surface area contributed by atoms with E-state index in [0.717, 1.165) is 0 Å². The molecule has 0 saturated heterocycles. The van der Waals surface area contributed by atoms with Crippen molar-refractivity contribution < 1.29 is 33.6 Å². The maximum Gasteiger partial charge on any atom is 0.335 e. The molecule has 2 aromatic carbocycles. The first-order chi connectivity index (χ1) is 13.9. The summed E-state index contributed by atoms with van der Waals surface area (Å²) >= 11 is 0. The molecule has 1 amide bonds. The zero-order valence-corrected chi connectivity index (χ0v) is 16.9. The second-order valence-corrected chi connectivity index (χ2v) is 5.78. The molecule has 0 aliphatic carbocycles. The van der Waals surface area contributed by atoms with Crippen LogP contribution >= 0.6 is 0 Å². The molecule has 0 unspecified atom stereocenters. The Balaban J connectivity index is 2.44. The minimum atomic E-state index is -1.11. The second-order valence-electron chi connectivity index (χ2n) is 5.78. The molecule has 0 saturated carbocycles. The lowest BCUT2D eigenvalue weighted by atomic mass is 10.1. The number of carboxylic acids is 1. The first kappa shape index (κ1) is 21.9. The molecule has 0 radical (unpaired) electrons. The predicted octanol–water partition coefficient (Wildman–Crippen LogP) is 3.84. The number of methoxy groups -OCH3 is 1. The van der Waals surface area contributed by atoms with E-state index in [1.807, 2.05) is 20.8 Å². The number of aromatic carboxylic acids is 1. The number of carbonyl (C=O) groups excluding carboxylic acids is 1. The van der Waals surface area contributed by atoms with Gasteiger partial charge in [0, 0.05) is 5.56 Å². The molecule has 8 nitrogen and oxygen atoms in total. The smallest absolute Gasteiger partial charge is 0.335 e. The van der Waals surface area contributed by atoms with Crippen LogP contribution in [0.4, 0.5) is 5.69 Å². The van der Waals surface area contributed by atoms with Gasteiger partial charge in [-0.15, -0.1) is 0 Å². The Morgan fingerprint density at radius 1 is 0.862 bits per heavy atom. The van der Waals surface area contributed by atoms with Crippen molar-refractivity contribution in [3.05, 3.63) is 41.5 Å². The van der Waals surface area contributed by atoms with Crippen molar-refractivity contribution >= 4 is 17.6 Å². The number of amides is 1. The Labute approximate surface area is 169 Å². The van der Waals surface area contributed by atoms with Crippen LogP contribution in [0.25, 0.3) is 0 Å². The van der Waals surface area contributed by atoms with Crippen LogP contribution < -0.4 is 24.3 Å². The first-order valence-corrected chi connectivity index (χ1v) is 9.24. The summed E-state index contributed by atoms with van der Waals surface area (Å²) in [6, 6.07) is 7.32. The van der Waals surface area contributed by atoms with Gasteiger partial charge in [0.15, 0.2) is 11.5 Å². The van der Waals surface area contributed by atoms with E-state index in [9.17, 15) is 14.7 Å². The van der Waals surface area contributed by atoms with Gasteiger partial charge in [-0.1, -0.05) is 0 Å². The Morgan fingerprint density at radius 2 is 1.45 bits per heavy atom. The second kappa shape index (κ2) is 10.2. The number of anilines is 1. The summed E-state index contributed by atoms with van der Waals surface area (Å²) in [4.78, 5) is 24.1. The fourth-order valence-corrected chi connectivity index (χ4v) is 2.65. The summed E-state index contributed by atoms with van der Waals surface area (Å²) in [7, 11) is 1.43. The van der Waals surface area contributed by atoms with Crippen LogP contribution in [0.5, 0.6) is 23.0 Å². The molecule has 0 aliphatic rings. The normalized spacial score (nSPS) is 10.2. The van der Waals surface area contributed by atoms with Crippen LogP contribution in [-0.2, 0) is 0 Å². The van der Waals surface area contributed by atoms with Crippen molar-refractivity contribution in [2.24, 2.45) is 0 Å². The van der Waals surface area contributed by atoms with Gasteiger partial charge >= 0.3 is 5.97 Å². The van der Waals surface area contributed by atoms with Crippen molar-refractivity contribution in [3.8, 4) is 23.0 Å². The van der Waals surface area contributed by atoms with Gasteiger partial charge in [0.25, 0.3) is 5.91 Å². The monoisotopic (exact) mass is 403 g/mol. The number of rotatable bonds is 10. The Bertz CT molecular complexity index is 852. The third kappa shape index (κ3) is 5.31. The van der Waals surface area contributed by atoms with E-state index in [-0.39, 0.29) is 16.8 Å². The highest BCUT2D eigenvalue weighted by Crippen LogP contribution is 2.39. The molecule has 156 valence electrons. The molecule has 0 aliphatic heterocycles. The van der Waals surface area contributed by atoms with Crippen molar-refractivity contribution in [2.45, 2.75) is 20.8 Å². The molecule has 0 bridgehead atoms. The summed E-state index contributed by atoms with van der Waals surface area (Å²) in [5.41, 5.74) is 0.531. The number of carboxylic acid groups (broad SMARTS) is 1. The average Bonchev–Trinajstić information content (AvgIpc) is 2.70. The molecule has 0 spiro atoms. The van der Waals surface area contributed by atoms with Gasteiger partial charge < -0.3 is 29.4 Å². The molecule has 0 aromatic heterocycles. The molecule has 0 heterocycles. The summed E-state index contributed by atoms with van der Waals surface area (Å²) in [6.07, 6.45) is 0. The van der Waals surface area contributed by atoms with Crippen LogP contribution in [0.2, 0.25) is 0 Å². The maximum absolute atomic E-state index is 12.9. The summed E-state index contributed by atoms with van der Waals surface area (Å²) in [5, 5.41) is 11.9. The SMILES string of the molecule is CCOc1cc(C(=O)Nc2cc(C(=O)O)ccc2OC)cc(OCC)c1OCC. The Kier molecular flexibility index (Phi) is 7.70. The summed E-state index contributed by atoms with van der Waals surface area (Å²) in [5.74, 6) is -0.0479. The largest absolute Gasteiger partial charge is 0.495 e. The van der Waals surface area contributed by atoms with E-state index in [2.05, 4.69) is 5.32 Å². The zero-order valence-electron chi connectivity index (χ0n) is 16.9. The number of ether oxygens (including phenoxy) is 4. The number of hydrogen-bond donors (Lipinski definition) is 2. The first-order valence-electron chi connectivity index (χ1n) is 9.24. The van der Waals surface area contributed by atoms with E-state index in [0.29, 0.717) is 42.8 Å². The zero-order chi connectivity index (χ0) is 21.4. The fraction of sp³-hybridized carbons (Fsp3) is 0.333. The van der Waals surface area contributed by atoms with Crippen LogP contribution in [0.3, 0.4) is 0 Å². The number of hydrogen-bond acceptors (Lipinski definition) is 6. The molecule has 2 N–H and O–H groups in total. The molecule has 2 aromatic rings. The van der Waals surface area contributed by atoms with E-state index in [1.54, 1.807) is 12.1 Å². The predicted molar refractivity (Wildman–Crippen MR) is 108 cm³/mol. The molecule has 2 rings (SSSR count). The summed E-state index contributed by atoms with van der Waals surface area (Å²) < 4.78 is 22.1. The molecule has 29 heavy (non-hydrogen) atoms. The van der Waals surface area contributed by atoms with Crippen molar-refractivity contribution in [2.75, 3.05) is 32.2 Å². The van der Waals surface area contributed by atoms with Crippen molar-refractivity contribution in [1.29, 1.82) is 0 Å². The highest BCUT2D eigenvalue weighted by Gasteiger charge is 2.20. The third-order valence-electron chi connectivity index (χ3n) is 3.87. The Hall–Kier alpha value is -3.42. The quantitative estimate of drug-likeness (QED) is 0.621. The molecular formula is C21H25NO7. The molecule has 0 fully saturated rings. The topological polar surface area (TPSA) is 103 Å². The van der Waals surface area contributed by atoms with Crippen molar-refractivity contribution in [1.82, 2.24) is 0 Å². The number of carbonyl (C=O) groups is 2. The number of benzene rings is 2. The van der Waals surface area contributed by atoms with Gasteiger partial charge in [-0.3, -0.25) is 4.79 Å². The maximum atomic E-state index is 12.9. The van der Waals surface area contributed by atoms with Crippen LogP contribution in [-0.4, -0.2) is 43.9 Å². The van der Waals surface area contributed by atoms with E-state index >= 15 is 0 Å². The van der Waals surface area contributed by atoms with Gasteiger partial charge in [0.05, 0.1) is 38.2 Å². The molecular weight excluding hydrogens is 378 g/mol. The Morgan fingerprint density at radius 3 is 1.93 bits per heavy atom. The lowest BCUT2D eigenvalue weighted by Gasteiger charge is -2.17. The average molecular weight is 403 g/mol.